The molecule has 130 valence electrons. The molecule has 0 spiro atoms. The molecule has 4 rings (SSSR count). The van der Waals surface area contributed by atoms with Crippen LogP contribution in [0.4, 0.5) is 14.5 Å². The van der Waals surface area contributed by atoms with Crippen LogP contribution in [0.25, 0.3) is 22.1 Å². The smallest absolute Gasteiger partial charge is 0.297 e. The van der Waals surface area contributed by atoms with Crippen molar-refractivity contribution in [3.05, 3.63) is 70.8 Å². The van der Waals surface area contributed by atoms with E-state index in [1.165, 1.54) is 6.33 Å². The highest BCUT2D eigenvalue weighted by molar-refractivity contribution is 6.01. The number of rotatable bonds is 3. The number of furan rings is 1. The maximum atomic E-state index is 13.6. The Morgan fingerprint density at radius 3 is 2.85 bits per heavy atom. The Bertz CT molecular complexity index is 1210. The van der Waals surface area contributed by atoms with Crippen molar-refractivity contribution in [2.45, 2.75) is 6.54 Å². The molecule has 8 heteroatoms. The number of halogens is 2. The second-order valence-corrected chi connectivity index (χ2v) is 5.63. The van der Waals surface area contributed by atoms with E-state index in [9.17, 15) is 18.4 Å². The molecule has 0 bridgehead atoms. The zero-order valence-electron chi connectivity index (χ0n) is 13.2. The summed E-state index contributed by atoms with van der Waals surface area (Å²) in [5, 5.41) is 2.92. The third kappa shape index (κ3) is 2.71. The number of fused-ring (bicyclic) bond motifs is 3. The lowest BCUT2D eigenvalue weighted by atomic mass is 10.2. The summed E-state index contributed by atoms with van der Waals surface area (Å²) in [6.07, 6.45) is 1.22. The number of carbonyl (C=O) groups is 1. The molecule has 0 radical (unpaired) electrons. The van der Waals surface area contributed by atoms with Crippen LogP contribution in [0.2, 0.25) is 0 Å². The average Bonchev–Trinajstić information content (AvgIpc) is 3.00. The first-order valence-electron chi connectivity index (χ1n) is 7.64. The van der Waals surface area contributed by atoms with Crippen LogP contribution in [0.3, 0.4) is 0 Å². The third-order valence-corrected chi connectivity index (χ3v) is 3.87. The van der Waals surface area contributed by atoms with Crippen LogP contribution < -0.4 is 10.9 Å². The quantitative estimate of drug-likeness (QED) is 0.613. The lowest BCUT2D eigenvalue weighted by molar-refractivity contribution is -0.116. The molecule has 2 aromatic carbocycles. The van der Waals surface area contributed by atoms with Gasteiger partial charge in [0.1, 0.15) is 29.3 Å². The van der Waals surface area contributed by atoms with Gasteiger partial charge in [-0.3, -0.25) is 14.2 Å². The number of hydrogen-bond acceptors (Lipinski definition) is 4. The minimum absolute atomic E-state index is 0.0263. The summed E-state index contributed by atoms with van der Waals surface area (Å²) in [6, 6.07) is 9.75. The number of hydrogen-bond donors (Lipinski definition) is 1. The Morgan fingerprint density at radius 1 is 1.19 bits per heavy atom. The fourth-order valence-electron chi connectivity index (χ4n) is 2.67. The summed E-state index contributed by atoms with van der Waals surface area (Å²) in [7, 11) is 0. The number of carbonyl (C=O) groups excluding carboxylic acids is 1. The second-order valence-electron chi connectivity index (χ2n) is 5.63. The fraction of sp³-hybridized carbons (Fsp3) is 0.0556. The number of amides is 1. The lowest BCUT2D eigenvalue weighted by Crippen LogP contribution is -2.27. The van der Waals surface area contributed by atoms with Crippen molar-refractivity contribution >= 4 is 33.7 Å². The van der Waals surface area contributed by atoms with Crippen molar-refractivity contribution in [1.29, 1.82) is 0 Å². The normalized spacial score (nSPS) is 11.2. The SMILES string of the molecule is O=C(Cn1cnc2c(oc3ccccc32)c1=O)Nc1cc(F)ccc1F. The van der Waals surface area contributed by atoms with Gasteiger partial charge in [-0.15, -0.1) is 0 Å². The highest BCUT2D eigenvalue weighted by Crippen LogP contribution is 2.24. The van der Waals surface area contributed by atoms with E-state index in [2.05, 4.69) is 10.3 Å². The molecule has 0 unspecified atom stereocenters. The highest BCUT2D eigenvalue weighted by Gasteiger charge is 2.15. The number of nitrogens with one attached hydrogen (secondary N) is 1. The standard InChI is InChI=1S/C18H11F2N3O3/c19-10-5-6-12(20)13(7-10)22-15(24)8-23-9-21-16-11-3-1-2-4-14(11)26-17(16)18(23)25/h1-7,9H,8H2,(H,22,24). The van der Waals surface area contributed by atoms with Crippen LogP contribution in [-0.4, -0.2) is 15.5 Å². The average molecular weight is 355 g/mol. The Morgan fingerprint density at radius 2 is 2.00 bits per heavy atom. The fourth-order valence-corrected chi connectivity index (χ4v) is 2.67. The summed E-state index contributed by atoms with van der Waals surface area (Å²) >= 11 is 0. The highest BCUT2D eigenvalue weighted by atomic mass is 19.1. The molecule has 26 heavy (non-hydrogen) atoms. The van der Waals surface area contributed by atoms with Crippen molar-refractivity contribution in [2.75, 3.05) is 5.32 Å². The molecule has 1 amide bonds. The minimum Gasteiger partial charge on any atom is -0.448 e. The van der Waals surface area contributed by atoms with E-state index in [4.69, 9.17) is 4.42 Å². The van der Waals surface area contributed by atoms with Gasteiger partial charge in [-0.25, -0.2) is 13.8 Å². The van der Waals surface area contributed by atoms with Gasteiger partial charge in [-0.1, -0.05) is 12.1 Å². The Hall–Kier alpha value is -3.55. The molecular formula is C18H11F2N3O3. The summed E-state index contributed by atoms with van der Waals surface area (Å²) in [4.78, 5) is 28.8. The molecule has 0 saturated carbocycles. The van der Waals surface area contributed by atoms with E-state index in [-0.39, 0.29) is 11.3 Å². The van der Waals surface area contributed by atoms with Crippen LogP contribution in [0.15, 0.2) is 58.0 Å². The van der Waals surface area contributed by atoms with E-state index < -0.39 is 29.6 Å². The number of benzene rings is 2. The van der Waals surface area contributed by atoms with Crippen LogP contribution in [0.1, 0.15) is 0 Å². The third-order valence-electron chi connectivity index (χ3n) is 3.87. The zero-order chi connectivity index (χ0) is 18.3. The van der Waals surface area contributed by atoms with Gasteiger partial charge in [-0.2, -0.15) is 0 Å². The topological polar surface area (TPSA) is 77.1 Å². The molecule has 0 aliphatic rings. The zero-order valence-corrected chi connectivity index (χ0v) is 13.2. The predicted molar refractivity (Wildman–Crippen MR) is 90.8 cm³/mol. The Labute approximate surface area is 144 Å². The molecule has 0 aliphatic carbocycles. The summed E-state index contributed by atoms with van der Waals surface area (Å²) < 4.78 is 33.3. The van der Waals surface area contributed by atoms with Crippen LogP contribution in [0.5, 0.6) is 0 Å². The van der Waals surface area contributed by atoms with Gasteiger partial charge < -0.3 is 9.73 Å². The minimum atomic E-state index is -0.780. The van der Waals surface area contributed by atoms with E-state index >= 15 is 0 Å². The molecule has 6 nitrogen and oxygen atoms in total. The molecule has 1 N–H and O–H groups in total. The Balaban J connectivity index is 1.65. The molecule has 4 aromatic rings. The van der Waals surface area contributed by atoms with Gasteiger partial charge in [0.25, 0.3) is 5.56 Å². The molecule has 2 aromatic heterocycles. The number of nitrogens with zero attached hydrogens (tertiary/aromatic N) is 2. The first-order valence-corrected chi connectivity index (χ1v) is 7.64. The van der Waals surface area contributed by atoms with Crippen molar-refractivity contribution in [1.82, 2.24) is 9.55 Å². The molecule has 2 heterocycles. The van der Waals surface area contributed by atoms with Crippen molar-refractivity contribution in [3.63, 3.8) is 0 Å². The van der Waals surface area contributed by atoms with Crippen molar-refractivity contribution in [3.8, 4) is 0 Å². The lowest BCUT2D eigenvalue weighted by Gasteiger charge is -2.08. The number of anilines is 1. The maximum Gasteiger partial charge on any atom is 0.297 e. The van der Waals surface area contributed by atoms with Gasteiger partial charge in [0.2, 0.25) is 11.5 Å². The number of aromatic nitrogens is 2. The molecular weight excluding hydrogens is 344 g/mol. The van der Waals surface area contributed by atoms with Gasteiger partial charge in [-0.05, 0) is 24.3 Å². The molecule has 0 saturated heterocycles. The molecule has 0 atom stereocenters. The van der Waals surface area contributed by atoms with Gasteiger partial charge in [0, 0.05) is 11.5 Å². The first kappa shape index (κ1) is 15.9. The van der Waals surface area contributed by atoms with E-state index in [0.717, 1.165) is 22.8 Å². The van der Waals surface area contributed by atoms with Gasteiger partial charge in [0.05, 0.1) is 12.0 Å². The maximum absolute atomic E-state index is 13.6. The van der Waals surface area contributed by atoms with Crippen LogP contribution in [-0.2, 0) is 11.3 Å². The van der Waals surface area contributed by atoms with Gasteiger partial charge >= 0.3 is 0 Å². The summed E-state index contributed by atoms with van der Waals surface area (Å²) in [6.45, 7) is -0.422. The van der Waals surface area contributed by atoms with E-state index in [1.54, 1.807) is 24.3 Å². The largest absolute Gasteiger partial charge is 0.448 e. The van der Waals surface area contributed by atoms with Crippen molar-refractivity contribution < 1.29 is 18.0 Å². The first-order chi connectivity index (χ1) is 12.5. The van der Waals surface area contributed by atoms with Gasteiger partial charge in [0.15, 0.2) is 0 Å². The van der Waals surface area contributed by atoms with Crippen LogP contribution in [0, 0.1) is 11.6 Å². The van der Waals surface area contributed by atoms with Crippen molar-refractivity contribution in [2.24, 2.45) is 0 Å². The summed E-state index contributed by atoms with van der Waals surface area (Å²) in [5.74, 6) is -2.17. The predicted octanol–water partition coefficient (Wildman–Crippen LogP) is 3.06. The Kier molecular flexibility index (Phi) is 3.72. The van der Waals surface area contributed by atoms with E-state index in [1.807, 2.05) is 0 Å². The van der Waals surface area contributed by atoms with E-state index in [0.29, 0.717) is 16.5 Å². The monoisotopic (exact) mass is 355 g/mol. The molecule has 0 aliphatic heterocycles. The summed E-state index contributed by atoms with van der Waals surface area (Å²) in [5.41, 5.74) is 0.0925. The second kappa shape index (κ2) is 6.07. The molecule has 0 fully saturated rings. The van der Waals surface area contributed by atoms with Crippen LogP contribution >= 0.6 is 0 Å². The number of para-hydroxylation sites is 1.